The van der Waals surface area contributed by atoms with Crippen LogP contribution in [-0.2, 0) is 33.3 Å². The maximum absolute atomic E-state index is 14.6. The summed E-state index contributed by atoms with van der Waals surface area (Å²) in [6, 6.07) is 6.70. The van der Waals surface area contributed by atoms with Gasteiger partial charge >= 0.3 is 18.0 Å². The molecule has 0 aromatic heterocycles. The summed E-state index contributed by atoms with van der Waals surface area (Å²) in [7, 11) is 1.43. The molecule has 1 aromatic carbocycles. The van der Waals surface area contributed by atoms with Gasteiger partial charge in [0.1, 0.15) is 36.1 Å². The second-order valence-electron chi connectivity index (χ2n) is 15.5. The summed E-state index contributed by atoms with van der Waals surface area (Å²) in [5.74, 6) is -4.99. The average molecular weight is 1190 g/mol. The minimum atomic E-state index is -2.29. The molecule has 2 bridgehead atoms. The number of ketones is 1. The third kappa shape index (κ3) is 8.19. The first-order valence-corrected chi connectivity index (χ1v) is 17.5. The summed E-state index contributed by atoms with van der Waals surface area (Å²) in [5.41, 5.74) is -7.46. The number of fused-ring (bicyclic) bond motifs is 5. The van der Waals surface area contributed by atoms with Gasteiger partial charge in [0.05, 0.1) is 42.4 Å². The Morgan fingerprint density at radius 2 is 1.65 bits per heavy atom. The molecule has 4 aliphatic rings. The van der Waals surface area contributed by atoms with Gasteiger partial charge in [-0.3, -0.25) is 4.79 Å². The van der Waals surface area contributed by atoms with Gasteiger partial charge in [-0.15, -0.1) is 0 Å². The van der Waals surface area contributed by atoms with Gasteiger partial charge in [-0.2, -0.15) is 0 Å². The number of benzene rings is 1. The van der Waals surface area contributed by atoms with Gasteiger partial charge in [-0.05, 0) is 43.0 Å². The molecule has 1 amide bonds. The fraction of sp³-hybridized carbons (Fsp3) is 0.676. The Morgan fingerprint density at radius 3 is 2.20 bits per heavy atom. The number of amides is 1. The Hall–Kier alpha value is -0.557. The van der Waals surface area contributed by atoms with E-state index < -0.39 is 107 Å². The van der Waals surface area contributed by atoms with Crippen molar-refractivity contribution >= 4 is 23.8 Å². The molecular weight excluding hydrogens is 1140 g/mol. The van der Waals surface area contributed by atoms with E-state index in [2.05, 4.69) is 5.32 Å². The van der Waals surface area contributed by atoms with Crippen molar-refractivity contribution in [3.63, 3.8) is 0 Å². The van der Waals surface area contributed by atoms with Gasteiger partial charge < -0.3 is 54.5 Å². The van der Waals surface area contributed by atoms with E-state index >= 15 is 0 Å². The molecule has 1 heterocycles. The predicted molar refractivity (Wildman–Crippen MR) is 180 cm³/mol. The molecule has 1 saturated heterocycles. The van der Waals surface area contributed by atoms with E-state index in [0.29, 0.717) is 0 Å². The second kappa shape index (κ2) is 18.2. The molecule has 294 valence electrons. The van der Waals surface area contributed by atoms with Crippen LogP contribution in [0.1, 0.15) is 64.7 Å². The molecule has 1 unspecified atom stereocenters. The normalized spacial score (nSPS) is 34.9. The van der Waals surface area contributed by atoms with E-state index in [0.717, 1.165) is 0 Å². The van der Waals surface area contributed by atoms with Gasteiger partial charge in [0, 0.05) is 119 Å². The number of esters is 2. The molecular formula is C37H51Ac2NO14. The van der Waals surface area contributed by atoms with Crippen LogP contribution < -0.4 is 5.32 Å². The topological polar surface area (TPSA) is 228 Å². The Morgan fingerprint density at radius 1 is 1.02 bits per heavy atom. The molecule has 0 spiro atoms. The number of aliphatic hydroxyl groups is 5. The fourth-order valence-corrected chi connectivity index (χ4v) is 8.74. The third-order valence-corrected chi connectivity index (χ3v) is 12.0. The molecule has 3 fully saturated rings. The van der Waals surface area contributed by atoms with E-state index in [4.69, 9.17) is 23.7 Å². The Bertz CT molecular complexity index is 1590. The summed E-state index contributed by atoms with van der Waals surface area (Å²) >= 11 is 0. The van der Waals surface area contributed by atoms with Gasteiger partial charge in [0.15, 0.2) is 11.9 Å². The average Bonchev–Trinajstić information content (AvgIpc) is 3.09. The van der Waals surface area contributed by atoms with Crippen molar-refractivity contribution in [2.24, 2.45) is 22.7 Å². The number of alkyl carbamates (subject to hydrolysis) is 1. The van der Waals surface area contributed by atoms with E-state index in [1.54, 1.807) is 45.9 Å². The second-order valence-corrected chi connectivity index (χ2v) is 15.5. The summed E-state index contributed by atoms with van der Waals surface area (Å²) in [6.45, 7) is 9.03. The van der Waals surface area contributed by atoms with Crippen molar-refractivity contribution in [3.05, 3.63) is 47.0 Å². The largest absolute Gasteiger partial charge is 0.456 e. The first-order valence-electron chi connectivity index (χ1n) is 17.5. The zero-order chi connectivity index (χ0) is 38.6. The SMILES string of the molecule is COCCOC(=O)N[C@@H](C(C)C)[C@@H](O)C(=O)OC1C[C@@]2(O)[C@@H](OC(=O)c3ccccc3)[C@@H]3[C@]4(O)CO[C@@H]4C[C@H](O)[C@@]3(C)C(=O)[C@H](O)C(=C1C)C2(C)C.[Ac].[Ac]. The third-order valence-electron chi connectivity index (χ3n) is 12.0. The molecule has 54 heavy (non-hydrogen) atoms. The zero-order valence-electron chi connectivity index (χ0n) is 31.7. The smallest absolute Gasteiger partial charge is 0.407 e. The molecule has 3 aliphatic carbocycles. The zero-order valence-corrected chi connectivity index (χ0v) is 41.2. The van der Waals surface area contributed by atoms with Crippen LogP contribution in [0.5, 0.6) is 0 Å². The Balaban J connectivity index is 0.00000392. The van der Waals surface area contributed by atoms with Crippen molar-refractivity contribution in [1.82, 2.24) is 5.32 Å². The molecule has 15 nitrogen and oxygen atoms in total. The molecule has 1 aromatic rings. The van der Waals surface area contributed by atoms with Crippen molar-refractivity contribution in [2.75, 3.05) is 26.9 Å². The van der Waals surface area contributed by atoms with E-state index in [1.807, 2.05) is 0 Å². The molecule has 2 radical (unpaired) electrons. The number of rotatable bonds is 10. The van der Waals surface area contributed by atoms with Crippen LogP contribution in [0.3, 0.4) is 0 Å². The number of methoxy groups -OCH3 is 1. The monoisotopic (exact) mass is 1190 g/mol. The predicted octanol–water partition coefficient (Wildman–Crippen LogP) is 0.820. The fourth-order valence-electron chi connectivity index (χ4n) is 8.74. The van der Waals surface area contributed by atoms with Crippen LogP contribution in [-0.4, -0.2) is 130 Å². The van der Waals surface area contributed by atoms with E-state index in [9.17, 15) is 44.7 Å². The minimum absolute atomic E-state index is 0. The van der Waals surface area contributed by atoms with Crippen LogP contribution >= 0.6 is 0 Å². The first kappa shape index (κ1) is 47.8. The van der Waals surface area contributed by atoms with E-state index in [-0.39, 0.29) is 131 Å². The maximum atomic E-state index is 14.6. The molecule has 5 rings (SSSR count). The minimum Gasteiger partial charge on any atom is -0.456 e. The van der Waals surface area contributed by atoms with Crippen LogP contribution in [0, 0.1) is 111 Å². The number of hydrogen-bond acceptors (Lipinski definition) is 14. The standard InChI is InChI=1S/C37H51NO14.2Ac/c1-18(2)25(38-33(45)49-14-13-48-7)27(41)32(44)51-21-16-37(47)30(52-31(43)20-11-9-8-10-12-20)28-35(6,22(39)15-23-36(28,46)17-50-23)29(42)26(40)24(19(21)3)34(37,4)5;;/h8-12,18,21-23,25-28,30,39-41,46-47H,13-17H2,1-7H3,(H,38,45);;/t21?,22-,23+,25-,26+,27+,28-,30-,35+,36-,37+;;/m0../s1. The van der Waals surface area contributed by atoms with Crippen LogP contribution in [0.15, 0.2) is 41.5 Å². The molecule has 6 N–H and O–H groups in total. The molecule has 2 saturated carbocycles. The summed E-state index contributed by atoms with van der Waals surface area (Å²) < 4.78 is 27.5. The number of nitrogens with one attached hydrogen (secondary N) is 1. The van der Waals surface area contributed by atoms with Crippen molar-refractivity contribution in [3.8, 4) is 0 Å². The molecule has 11 atom stereocenters. The number of carbonyl (C=O) groups is 4. The first-order chi connectivity index (χ1) is 24.3. The van der Waals surface area contributed by atoms with Crippen molar-refractivity contribution in [1.29, 1.82) is 0 Å². The summed E-state index contributed by atoms with van der Waals surface area (Å²) in [6.07, 6.45) is -11.1. The molecule has 1 aliphatic heterocycles. The molecule has 17 heteroatoms. The summed E-state index contributed by atoms with van der Waals surface area (Å²) in [4.78, 5) is 54.5. The van der Waals surface area contributed by atoms with Crippen LogP contribution in [0.25, 0.3) is 0 Å². The van der Waals surface area contributed by atoms with Gasteiger partial charge in [-0.25, -0.2) is 14.4 Å². The van der Waals surface area contributed by atoms with Gasteiger partial charge in [-0.1, -0.05) is 45.9 Å². The Kier molecular flexibility index (Phi) is 16.1. The van der Waals surface area contributed by atoms with Crippen LogP contribution in [0.4, 0.5) is 4.79 Å². The number of ether oxygens (including phenoxy) is 5. The van der Waals surface area contributed by atoms with Crippen LogP contribution in [0.2, 0.25) is 0 Å². The Labute approximate surface area is 386 Å². The van der Waals surface area contributed by atoms with E-state index in [1.165, 1.54) is 33.1 Å². The van der Waals surface area contributed by atoms with Gasteiger partial charge in [0.2, 0.25) is 0 Å². The van der Waals surface area contributed by atoms with Crippen molar-refractivity contribution in [2.45, 2.75) is 108 Å². The number of Topliss-reactive ketones (excluding diaryl/α,β-unsaturated/α-hetero) is 1. The van der Waals surface area contributed by atoms with Crippen molar-refractivity contribution < 1.29 is 157 Å². The number of hydrogen-bond donors (Lipinski definition) is 6. The quantitative estimate of drug-likeness (QED) is 0.0827. The summed E-state index contributed by atoms with van der Waals surface area (Å²) in [5, 5.41) is 62.5. The number of aliphatic hydroxyl groups excluding tert-OH is 3. The maximum Gasteiger partial charge on any atom is 0.407 e. The van der Waals surface area contributed by atoms with Gasteiger partial charge in [0.25, 0.3) is 0 Å². The number of carbonyl (C=O) groups excluding carboxylic acids is 4.